The number of carbonyl (C=O) groups excluding carboxylic acids is 2. The number of aliphatic imine (C=N–C) groups is 1. The summed E-state index contributed by atoms with van der Waals surface area (Å²) in [6.07, 6.45) is 12.7. The second-order valence-electron chi connectivity index (χ2n) is 9.21. The summed E-state index contributed by atoms with van der Waals surface area (Å²) >= 11 is 0. The van der Waals surface area contributed by atoms with E-state index < -0.39 is 5.54 Å². The van der Waals surface area contributed by atoms with Gasteiger partial charge in [0.15, 0.2) is 5.96 Å². The van der Waals surface area contributed by atoms with Gasteiger partial charge in [-0.15, -0.1) is 0 Å². The van der Waals surface area contributed by atoms with E-state index in [9.17, 15) is 9.59 Å². The van der Waals surface area contributed by atoms with Crippen molar-refractivity contribution in [1.82, 2.24) is 9.80 Å². The average Bonchev–Trinajstić information content (AvgIpc) is 3.25. The number of likely N-dealkylation sites (tertiary alicyclic amines) is 1. The molecule has 2 N–H and O–H groups in total. The van der Waals surface area contributed by atoms with Gasteiger partial charge in [0.1, 0.15) is 5.54 Å². The van der Waals surface area contributed by atoms with Gasteiger partial charge in [-0.3, -0.25) is 14.5 Å². The van der Waals surface area contributed by atoms with Crippen LogP contribution in [0.4, 0.5) is 0 Å². The number of nitrogens with zero attached hydrogens (tertiary/aromatic N) is 3. The van der Waals surface area contributed by atoms with Crippen molar-refractivity contribution in [2.45, 2.75) is 89.5 Å². The molecule has 1 unspecified atom stereocenters. The Kier molecular flexibility index (Phi) is 7.00. The molecule has 0 bridgehead atoms. The second kappa shape index (κ2) is 9.27. The summed E-state index contributed by atoms with van der Waals surface area (Å²) in [5.41, 5.74) is 5.34. The highest BCUT2D eigenvalue weighted by atomic mass is 16.2. The van der Waals surface area contributed by atoms with Gasteiger partial charge in [-0.25, -0.2) is 4.99 Å². The molecular formula is C22H38N4O2. The molecule has 2 atom stereocenters. The highest BCUT2D eigenvalue weighted by Gasteiger charge is 2.48. The Labute approximate surface area is 169 Å². The van der Waals surface area contributed by atoms with Gasteiger partial charge in [0, 0.05) is 26.6 Å². The van der Waals surface area contributed by atoms with E-state index in [4.69, 9.17) is 10.7 Å². The molecule has 3 rings (SSSR count). The third-order valence-electron chi connectivity index (χ3n) is 7.07. The summed E-state index contributed by atoms with van der Waals surface area (Å²) in [7, 11) is 1.73. The molecule has 3 aliphatic rings. The quantitative estimate of drug-likeness (QED) is 0.690. The van der Waals surface area contributed by atoms with E-state index in [0.29, 0.717) is 18.3 Å². The van der Waals surface area contributed by atoms with Crippen LogP contribution in [-0.2, 0) is 9.59 Å². The molecule has 0 spiro atoms. The van der Waals surface area contributed by atoms with E-state index in [2.05, 4.69) is 6.92 Å². The first-order valence-corrected chi connectivity index (χ1v) is 11.4. The number of likely N-dealkylation sites (N-methyl/N-ethyl adjacent to an activating group) is 1. The van der Waals surface area contributed by atoms with Crippen LogP contribution in [0.5, 0.6) is 0 Å². The van der Waals surface area contributed by atoms with Gasteiger partial charge in [-0.1, -0.05) is 45.4 Å². The Bertz CT molecular complexity index is 599. The van der Waals surface area contributed by atoms with Crippen LogP contribution < -0.4 is 5.73 Å². The lowest BCUT2D eigenvalue weighted by atomic mass is 9.78. The lowest BCUT2D eigenvalue weighted by molar-refractivity contribution is -0.131. The second-order valence-corrected chi connectivity index (χ2v) is 9.21. The Morgan fingerprint density at radius 3 is 2.61 bits per heavy atom. The first-order valence-electron chi connectivity index (χ1n) is 11.4. The Morgan fingerprint density at radius 1 is 1.21 bits per heavy atom. The van der Waals surface area contributed by atoms with Gasteiger partial charge in [-0.05, 0) is 43.9 Å². The summed E-state index contributed by atoms with van der Waals surface area (Å²) < 4.78 is 0. The van der Waals surface area contributed by atoms with Crippen LogP contribution in [0.25, 0.3) is 0 Å². The van der Waals surface area contributed by atoms with Gasteiger partial charge >= 0.3 is 0 Å². The van der Waals surface area contributed by atoms with Crippen molar-refractivity contribution in [2.24, 2.45) is 22.6 Å². The van der Waals surface area contributed by atoms with Crippen LogP contribution >= 0.6 is 0 Å². The van der Waals surface area contributed by atoms with Gasteiger partial charge in [-0.2, -0.15) is 0 Å². The summed E-state index contributed by atoms with van der Waals surface area (Å²) in [6, 6.07) is 0. The molecule has 0 radical (unpaired) electrons. The Balaban J connectivity index is 1.63. The molecule has 6 nitrogen and oxygen atoms in total. The number of hydrogen-bond acceptors (Lipinski definition) is 4. The van der Waals surface area contributed by atoms with Gasteiger partial charge in [0.2, 0.25) is 5.91 Å². The molecule has 1 saturated carbocycles. The van der Waals surface area contributed by atoms with Crippen molar-refractivity contribution in [3.63, 3.8) is 0 Å². The van der Waals surface area contributed by atoms with Crippen LogP contribution in [0.2, 0.25) is 0 Å². The third kappa shape index (κ3) is 4.69. The van der Waals surface area contributed by atoms with Crippen LogP contribution in [0.1, 0.15) is 84.0 Å². The minimum Gasteiger partial charge on any atom is -0.369 e. The van der Waals surface area contributed by atoms with Crippen molar-refractivity contribution in [1.29, 1.82) is 0 Å². The number of hydrogen-bond donors (Lipinski definition) is 1. The first-order chi connectivity index (χ1) is 13.4. The largest absolute Gasteiger partial charge is 0.369 e. The molecule has 2 amide bonds. The zero-order valence-electron chi connectivity index (χ0n) is 17.8. The Hall–Kier alpha value is -1.59. The number of rotatable bonds is 8. The van der Waals surface area contributed by atoms with E-state index in [1.165, 1.54) is 37.0 Å². The number of guanidine groups is 1. The number of unbranched alkanes of at least 4 members (excludes halogenated alkanes) is 1. The van der Waals surface area contributed by atoms with E-state index in [-0.39, 0.29) is 11.8 Å². The lowest BCUT2D eigenvalue weighted by Gasteiger charge is -2.30. The van der Waals surface area contributed by atoms with Crippen molar-refractivity contribution >= 4 is 17.8 Å². The van der Waals surface area contributed by atoms with E-state index in [0.717, 1.165) is 57.5 Å². The molecule has 158 valence electrons. The van der Waals surface area contributed by atoms with Crippen LogP contribution in [0, 0.1) is 11.8 Å². The highest BCUT2D eigenvalue weighted by molar-refractivity contribution is 6.06. The molecule has 2 aliphatic heterocycles. The smallest absolute Gasteiger partial charge is 0.257 e. The van der Waals surface area contributed by atoms with Crippen LogP contribution in [0.3, 0.4) is 0 Å². The molecule has 0 aromatic carbocycles. The standard InChI is InChI=1S/C22H38N4O2/c1-3-4-10-19(27)26-14-12-18(16-26)15-22(20(28)25(2)21(23)24-22)13-11-17-8-6-5-7-9-17/h17-18H,3-16H2,1-2H3,(H2,23,24)/t18?,22-/m1/s1. The minimum atomic E-state index is -0.705. The molecule has 2 fully saturated rings. The number of carbonyl (C=O) groups is 2. The molecule has 1 aliphatic carbocycles. The predicted molar refractivity (Wildman–Crippen MR) is 112 cm³/mol. The number of amides is 2. The maximum atomic E-state index is 13.1. The van der Waals surface area contributed by atoms with Crippen LogP contribution in [0.15, 0.2) is 4.99 Å². The zero-order valence-corrected chi connectivity index (χ0v) is 17.8. The predicted octanol–water partition coefficient (Wildman–Crippen LogP) is 3.30. The normalized spacial score (nSPS) is 28.9. The monoisotopic (exact) mass is 390 g/mol. The number of nitrogens with two attached hydrogens (primary N) is 1. The van der Waals surface area contributed by atoms with E-state index in [1.54, 1.807) is 7.05 Å². The van der Waals surface area contributed by atoms with Crippen molar-refractivity contribution in [3.05, 3.63) is 0 Å². The molecule has 0 aromatic rings. The molecule has 6 heteroatoms. The van der Waals surface area contributed by atoms with Gasteiger partial charge < -0.3 is 10.6 Å². The fraction of sp³-hybridized carbons (Fsp3) is 0.864. The highest BCUT2D eigenvalue weighted by Crippen LogP contribution is 2.39. The van der Waals surface area contributed by atoms with Crippen molar-refractivity contribution in [2.75, 3.05) is 20.1 Å². The van der Waals surface area contributed by atoms with E-state index >= 15 is 0 Å². The maximum absolute atomic E-state index is 13.1. The van der Waals surface area contributed by atoms with Gasteiger partial charge in [0.25, 0.3) is 5.91 Å². The van der Waals surface area contributed by atoms with Crippen LogP contribution in [-0.4, -0.2) is 53.2 Å². The molecule has 0 aromatic heterocycles. The molecule has 28 heavy (non-hydrogen) atoms. The fourth-order valence-corrected chi connectivity index (χ4v) is 5.26. The van der Waals surface area contributed by atoms with Gasteiger partial charge in [0.05, 0.1) is 0 Å². The summed E-state index contributed by atoms with van der Waals surface area (Å²) in [4.78, 5) is 33.7. The Morgan fingerprint density at radius 2 is 1.96 bits per heavy atom. The average molecular weight is 391 g/mol. The fourth-order valence-electron chi connectivity index (χ4n) is 5.26. The summed E-state index contributed by atoms with van der Waals surface area (Å²) in [5, 5.41) is 0. The third-order valence-corrected chi connectivity index (χ3v) is 7.07. The zero-order chi connectivity index (χ0) is 20.1. The minimum absolute atomic E-state index is 0.0524. The van der Waals surface area contributed by atoms with E-state index in [1.807, 2.05) is 4.90 Å². The first kappa shape index (κ1) is 21.1. The van der Waals surface area contributed by atoms with Crippen molar-refractivity contribution in [3.8, 4) is 0 Å². The molecule has 1 saturated heterocycles. The topological polar surface area (TPSA) is 79.0 Å². The maximum Gasteiger partial charge on any atom is 0.257 e. The van der Waals surface area contributed by atoms with Crippen molar-refractivity contribution < 1.29 is 9.59 Å². The summed E-state index contributed by atoms with van der Waals surface area (Å²) in [6.45, 7) is 3.69. The summed E-state index contributed by atoms with van der Waals surface area (Å²) in [5.74, 6) is 1.72. The lowest BCUT2D eigenvalue weighted by Crippen LogP contribution is -2.44. The molecule has 2 heterocycles. The molecular weight excluding hydrogens is 352 g/mol. The SMILES string of the molecule is CCCCC(=O)N1CCC(C[C@@]2(CCC3CCCCC3)N=C(N)N(C)C2=O)C1.